The molecule has 0 saturated carbocycles. The molecular formula is C13H14ClN5O3S. The van der Waals surface area contributed by atoms with Crippen LogP contribution < -0.4 is 15.9 Å². The second kappa shape index (κ2) is 6.39. The van der Waals surface area contributed by atoms with Gasteiger partial charge in [0.05, 0.1) is 29.2 Å². The van der Waals surface area contributed by atoms with E-state index in [1.54, 1.807) is 24.6 Å². The lowest BCUT2D eigenvalue weighted by Gasteiger charge is -2.07. The second-order valence-electron chi connectivity index (χ2n) is 4.72. The van der Waals surface area contributed by atoms with Crippen LogP contribution in [0.5, 0.6) is 5.75 Å². The zero-order chi connectivity index (χ0) is 17.3. The van der Waals surface area contributed by atoms with Crippen molar-refractivity contribution >= 4 is 51.7 Å². The highest BCUT2D eigenvalue weighted by molar-refractivity contribution is 7.80. The summed E-state index contributed by atoms with van der Waals surface area (Å²) in [4.78, 5) is 11.1. The van der Waals surface area contributed by atoms with Gasteiger partial charge in [-0.2, -0.15) is 5.10 Å². The third-order valence-corrected chi connectivity index (χ3v) is 3.87. The third kappa shape index (κ3) is 2.92. The van der Waals surface area contributed by atoms with Gasteiger partial charge in [-0.1, -0.05) is 11.6 Å². The van der Waals surface area contributed by atoms with Gasteiger partial charge in [-0.05, 0) is 25.2 Å². The summed E-state index contributed by atoms with van der Waals surface area (Å²) in [6, 6.07) is 1.77. The normalized spacial score (nSPS) is 11.1. The topological polar surface area (TPSA) is 108 Å². The fraction of sp³-hybridized carbons (Fsp3) is 0.231. The van der Waals surface area contributed by atoms with Crippen LogP contribution in [0, 0.1) is 17.0 Å². The van der Waals surface area contributed by atoms with Crippen LogP contribution in [0.2, 0.25) is 5.15 Å². The van der Waals surface area contributed by atoms with E-state index in [1.165, 1.54) is 13.3 Å². The van der Waals surface area contributed by atoms with Crippen LogP contribution in [-0.2, 0) is 7.05 Å². The first-order chi connectivity index (χ1) is 10.8. The molecule has 0 fully saturated rings. The molecule has 8 nitrogen and oxygen atoms in total. The van der Waals surface area contributed by atoms with Gasteiger partial charge >= 0.3 is 5.69 Å². The summed E-state index contributed by atoms with van der Waals surface area (Å²) in [5, 5.41) is 16.0. The molecule has 0 atom stereocenters. The predicted octanol–water partition coefficient (Wildman–Crippen LogP) is 2.22. The molecule has 0 amide bonds. The fourth-order valence-corrected chi connectivity index (χ4v) is 2.68. The van der Waals surface area contributed by atoms with Gasteiger partial charge in [0, 0.05) is 18.2 Å². The molecule has 23 heavy (non-hydrogen) atoms. The molecule has 122 valence electrons. The zero-order valence-electron chi connectivity index (χ0n) is 12.6. The highest BCUT2D eigenvalue weighted by atomic mass is 35.5. The van der Waals surface area contributed by atoms with Gasteiger partial charge in [-0.3, -0.25) is 15.5 Å². The Labute approximate surface area is 142 Å². The Hall–Kier alpha value is -2.39. The number of nitro benzene ring substituents is 1. The molecular weight excluding hydrogens is 342 g/mol. The molecule has 2 aromatic rings. The van der Waals surface area contributed by atoms with Gasteiger partial charge in [0.15, 0.2) is 5.11 Å². The molecule has 0 radical (unpaired) electrons. The van der Waals surface area contributed by atoms with E-state index in [2.05, 4.69) is 22.7 Å². The van der Waals surface area contributed by atoms with Crippen LogP contribution in [0.3, 0.4) is 0 Å². The van der Waals surface area contributed by atoms with Gasteiger partial charge in [-0.25, -0.2) is 0 Å². The molecule has 0 aliphatic rings. The summed E-state index contributed by atoms with van der Waals surface area (Å²) in [5.74, 6) is 0.182. The van der Waals surface area contributed by atoms with E-state index in [4.69, 9.17) is 22.1 Å². The highest BCUT2D eigenvalue weighted by Crippen LogP contribution is 2.42. The van der Waals surface area contributed by atoms with Crippen molar-refractivity contribution in [2.75, 3.05) is 7.11 Å². The number of thiocarbonyl (C=S) groups is 1. The van der Waals surface area contributed by atoms with E-state index in [0.717, 1.165) is 0 Å². The Morgan fingerprint density at radius 3 is 2.83 bits per heavy atom. The molecule has 0 bridgehead atoms. The van der Waals surface area contributed by atoms with Crippen molar-refractivity contribution in [3.8, 4) is 5.75 Å². The van der Waals surface area contributed by atoms with Crippen molar-refractivity contribution in [3.05, 3.63) is 32.5 Å². The number of ether oxygens (including phenoxy) is 1. The Morgan fingerprint density at radius 1 is 1.65 bits per heavy atom. The summed E-state index contributed by atoms with van der Waals surface area (Å²) in [6.45, 7) is 1.73. The van der Waals surface area contributed by atoms with Crippen LogP contribution in [0.15, 0.2) is 11.2 Å². The van der Waals surface area contributed by atoms with Crippen LogP contribution in [0.1, 0.15) is 11.1 Å². The van der Waals surface area contributed by atoms with E-state index in [1.807, 2.05) is 0 Å². The molecule has 2 rings (SSSR count). The third-order valence-electron chi connectivity index (χ3n) is 3.32. The van der Waals surface area contributed by atoms with E-state index in [0.29, 0.717) is 27.2 Å². The summed E-state index contributed by atoms with van der Waals surface area (Å²) in [5.41, 5.74) is 9.13. The lowest BCUT2D eigenvalue weighted by Crippen LogP contribution is -2.24. The number of hydrazone groups is 1. The monoisotopic (exact) mass is 355 g/mol. The SMILES string of the molecule is COc1c(C)cc2c(c(/C=N/NC(N)=S)c(Cl)n2C)c1[N+](=O)[O-]. The molecule has 3 N–H and O–H groups in total. The number of nitrogens with zero attached hydrogens (tertiary/aromatic N) is 3. The van der Waals surface area contributed by atoms with E-state index >= 15 is 0 Å². The number of nitrogens with two attached hydrogens (primary N) is 1. The number of aromatic nitrogens is 1. The fourth-order valence-electron chi connectivity index (χ4n) is 2.39. The van der Waals surface area contributed by atoms with Gasteiger partial charge in [-0.15, -0.1) is 0 Å². The summed E-state index contributed by atoms with van der Waals surface area (Å²) >= 11 is 10.9. The molecule has 0 unspecified atom stereocenters. The maximum absolute atomic E-state index is 11.6. The number of nitrogens with one attached hydrogen (secondary N) is 1. The molecule has 0 aliphatic carbocycles. The van der Waals surface area contributed by atoms with Crippen molar-refractivity contribution in [1.82, 2.24) is 9.99 Å². The van der Waals surface area contributed by atoms with Crippen molar-refractivity contribution in [3.63, 3.8) is 0 Å². The van der Waals surface area contributed by atoms with Gasteiger partial charge in [0.1, 0.15) is 5.15 Å². The smallest absolute Gasteiger partial charge is 0.321 e. The van der Waals surface area contributed by atoms with E-state index in [-0.39, 0.29) is 16.5 Å². The van der Waals surface area contributed by atoms with Crippen LogP contribution in [0.25, 0.3) is 10.9 Å². The summed E-state index contributed by atoms with van der Waals surface area (Å²) in [6.07, 6.45) is 1.34. The van der Waals surface area contributed by atoms with Crippen molar-refractivity contribution in [2.24, 2.45) is 17.9 Å². The standard InChI is InChI=1S/C13H14ClN5O3S/c1-6-4-8-9(10(19(20)21)11(6)22-3)7(12(14)18(8)2)5-16-17-13(15)23/h4-5H,1-3H3,(H3,15,17,23)/b16-5+. The summed E-state index contributed by atoms with van der Waals surface area (Å²) < 4.78 is 6.83. The first-order valence-corrected chi connectivity index (χ1v) is 7.16. The van der Waals surface area contributed by atoms with Gasteiger partial charge < -0.3 is 15.0 Å². The number of benzene rings is 1. The van der Waals surface area contributed by atoms with Crippen LogP contribution in [0.4, 0.5) is 5.69 Å². The first-order valence-electron chi connectivity index (χ1n) is 6.38. The van der Waals surface area contributed by atoms with Crippen LogP contribution >= 0.6 is 23.8 Å². The predicted molar refractivity (Wildman–Crippen MR) is 93.4 cm³/mol. The summed E-state index contributed by atoms with van der Waals surface area (Å²) in [7, 11) is 3.09. The number of methoxy groups -OCH3 is 1. The molecule has 0 aliphatic heterocycles. The number of rotatable bonds is 4. The zero-order valence-corrected chi connectivity index (χ0v) is 14.2. The minimum Gasteiger partial charge on any atom is -0.490 e. The maximum atomic E-state index is 11.6. The van der Waals surface area contributed by atoms with Crippen LogP contribution in [-0.4, -0.2) is 27.9 Å². The number of nitro groups is 1. The number of hydrogen-bond acceptors (Lipinski definition) is 5. The molecule has 1 heterocycles. The van der Waals surface area contributed by atoms with E-state index < -0.39 is 4.92 Å². The van der Waals surface area contributed by atoms with Crippen molar-refractivity contribution in [2.45, 2.75) is 6.92 Å². The molecule has 0 saturated heterocycles. The Kier molecular flexibility index (Phi) is 4.71. The molecule has 10 heteroatoms. The molecule has 1 aromatic heterocycles. The quantitative estimate of drug-likeness (QED) is 0.377. The number of halogens is 1. The van der Waals surface area contributed by atoms with Gasteiger partial charge in [0.2, 0.25) is 5.75 Å². The molecule has 0 spiro atoms. The average Bonchev–Trinajstić information content (AvgIpc) is 2.70. The highest BCUT2D eigenvalue weighted by Gasteiger charge is 2.28. The first kappa shape index (κ1) is 17.0. The Bertz CT molecular complexity index is 846. The lowest BCUT2D eigenvalue weighted by molar-refractivity contribution is -0.384. The lowest BCUT2D eigenvalue weighted by atomic mass is 10.1. The molecule has 1 aromatic carbocycles. The number of aryl methyl sites for hydroxylation is 2. The van der Waals surface area contributed by atoms with Gasteiger partial charge in [0.25, 0.3) is 0 Å². The Morgan fingerprint density at radius 2 is 2.30 bits per heavy atom. The minimum atomic E-state index is -0.497. The van der Waals surface area contributed by atoms with Crippen molar-refractivity contribution < 1.29 is 9.66 Å². The number of fused-ring (bicyclic) bond motifs is 1. The van der Waals surface area contributed by atoms with Crippen molar-refractivity contribution in [1.29, 1.82) is 0 Å². The largest absolute Gasteiger partial charge is 0.490 e. The minimum absolute atomic E-state index is 0.0273. The Balaban J connectivity index is 2.86. The second-order valence-corrected chi connectivity index (χ2v) is 5.52. The maximum Gasteiger partial charge on any atom is 0.321 e. The number of hydrogen-bond donors (Lipinski definition) is 2. The van der Waals surface area contributed by atoms with E-state index in [9.17, 15) is 10.1 Å². The average molecular weight is 356 g/mol.